The van der Waals surface area contributed by atoms with Crippen molar-refractivity contribution in [3.63, 3.8) is 0 Å². The Balaban J connectivity index is 1.83. The summed E-state index contributed by atoms with van der Waals surface area (Å²) < 4.78 is 13.2. The molecule has 0 aliphatic heterocycles. The number of nitriles is 1. The molecule has 96 valence electrons. The number of benzene rings is 1. The van der Waals surface area contributed by atoms with E-state index in [2.05, 4.69) is 10.3 Å². The minimum atomic E-state index is -0.370. The van der Waals surface area contributed by atoms with Crippen LogP contribution in [0.1, 0.15) is 16.7 Å². The van der Waals surface area contributed by atoms with Crippen LogP contribution in [0.15, 0.2) is 42.7 Å². The van der Waals surface area contributed by atoms with Crippen molar-refractivity contribution < 1.29 is 4.39 Å². The molecule has 1 heterocycles. The molecule has 19 heavy (non-hydrogen) atoms. The lowest BCUT2D eigenvalue weighted by molar-refractivity contribution is 0.619. The summed E-state index contributed by atoms with van der Waals surface area (Å²) in [5, 5.41) is 12.0. The molecule has 0 aliphatic carbocycles. The summed E-state index contributed by atoms with van der Waals surface area (Å²) in [6.07, 6.45) is 4.42. The highest BCUT2D eigenvalue weighted by Crippen LogP contribution is 2.08. The van der Waals surface area contributed by atoms with Crippen molar-refractivity contribution in [3.8, 4) is 6.07 Å². The van der Waals surface area contributed by atoms with Gasteiger partial charge in [-0.25, -0.2) is 4.39 Å². The summed E-state index contributed by atoms with van der Waals surface area (Å²) in [5.74, 6) is -0.370. The fourth-order valence-electron chi connectivity index (χ4n) is 1.83. The van der Waals surface area contributed by atoms with Gasteiger partial charge in [-0.05, 0) is 54.4 Å². The molecule has 0 saturated heterocycles. The molecular weight excluding hydrogens is 241 g/mol. The summed E-state index contributed by atoms with van der Waals surface area (Å²) >= 11 is 0. The summed E-state index contributed by atoms with van der Waals surface area (Å²) in [6, 6.07) is 10.3. The van der Waals surface area contributed by atoms with E-state index in [1.54, 1.807) is 18.5 Å². The van der Waals surface area contributed by atoms with E-state index in [0.717, 1.165) is 18.5 Å². The quantitative estimate of drug-likeness (QED) is 0.835. The number of aromatic nitrogens is 1. The van der Waals surface area contributed by atoms with Gasteiger partial charge in [-0.15, -0.1) is 0 Å². The Labute approximate surface area is 111 Å². The summed E-state index contributed by atoms with van der Waals surface area (Å²) in [6.45, 7) is 1.35. The maximum atomic E-state index is 13.2. The van der Waals surface area contributed by atoms with Gasteiger partial charge in [-0.2, -0.15) is 5.26 Å². The third-order valence-corrected chi connectivity index (χ3v) is 2.76. The zero-order chi connectivity index (χ0) is 13.5. The minimum absolute atomic E-state index is 0.353. The van der Waals surface area contributed by atoms with Gasteiger partial charge in [0.25, 0.3) is 0 Å². The molecular formula is C15H14FN3. The maximum absolute atomic E-state index is 13.2. The van der Waals surface area contributed by atoms with Gasteiger partial charge >= 0.3 is 0 Å². The van der Waals surface area contributed by atoms with Crippen LogP contribution in [0.2, 0.25) is 0 Å². The lowest BCUT2D eigenvalue weighted by atomic mass is 10.1. The van der Waals surface area contributed by atoms with Crippen LogP contribution in [0.4, 0.5) is 4.39 Å². The van der Waals surface area contributed by atoms with Crippen LogP contribution in [0.5, 0.6) is 0 Å². The van der Waals surface area contributed by atoms with Gasteiger partial charge in [-0.1, -0.05) is 0 Å². The highest BCUT2D eigenvalue weighted by molar-refractivity contribution is 5.33. The lowest BCUT2D eigenvalue weighted by Crippen LogP contribution is -2.16. The first-order chi connectivity index (χ1) is 9.28. The zero-order valence-corrected chi connectivity index (χ0v) is 10.4. The Kier molecular flexibility index (Phi) is 4.60. The van der Waals surface area contributed by atoms with E-state index in [-0.39, 0.29) is 5.82 Å². The summed E-state index contributed by atoms with van der Waals surface area (Å²) in [4.78, 5) is 3.96. The van der Waals surface area contributed by atoms with Crippen LogP contribution in [-0.2, 0) is 13.0 Å². The summed E-state index contributed by atoms with van der Waals surface area (Å²) in [7, 11) is 0. The van der Waals surface area contributed by atoms with Crippen LogP contribution in [0.3, 0.4) is 0 Å². The molecule has 0 saturated carbocycles. The smallest absolute Gasteiger partial charge is 0.124 e. The van der Waals surface area contributed by atoms with Crippen molar-refractivity contribution in [2.45, 2.75) is 13.0 Å². The van der Waals surface area contributed by atoms with E-state index in [9.17, 15) is 4.39 Å². The molecule has 4 heteroatoms. The third kappa shape index (κ3) is 4.16. The van der Waals surface area contributed by atoms with Crippen LogP contribution in [0, 0.1) is 17.1 Å². The molecule has 1 N–H and O–H groups in total. The Morgan fingerprint density at radius 2 is 1.95 bits per heavy atom. The second-order valence-electron chi connectivity index (χ2n) is 4.24. The Morgan fingerprint density at radius 1 is 1.16 bits per heavy atom. The van der Waals surface area contributed by atoms with Crippen LogP contribution < -0.4 is 5.32 Å². The van der Waals surface area contributed by atoms with Gasteiger partial charge in [0.15, 0.2) is 0 Å². The first-order valence-corrected chi connectivity index (χ1v) is 6.07. The van der Waals surface area contributed by atoms with Gasteiger partial charge in [0.2, 0.25) is 0 Å². The van der Waals surface area contributed by atoms with Crippen molar-refractivity contribution in [2.75, 3.05) is 6.54 Å². The fraction of sp³-hybridized carbons (Fsp3) is 0.200. The molecule has 1 aromatic heterocycles. The first-order valence-electron chi connectivity index (χ1n) is 6.07. The van der Waals surface area contributed by atoms with E-state index < -0.39 is 0 Å². The monoisotopic (exact) mass is 255 g/mol. The molecule has 0 unspecified atom stereocenters. The van der Waals surface area contributed by atoms with Crippen LogP contribution >= 0.6 is 0 Å². The van der Waals surface area contributed by atoms with Gasteiger partial charge in [0.1, 0.15) is 5.82 Å². The van der Waals surface area contributed by atoms with E-state index >= 15 is 0 Å². The molecule has 1 aromatic carbocycles. The standard InChI is InChI=1S/C15H14FN3/c16-15-8-13(10-17)7-14(9-15)11-19-6-3-12-1-4-18-5-2-12/h1-2,4-5,7-9,19H,3,6,11H2. The number of nitrogens with zero attached hydrogens (tertiary/aromatic N) is 2. The van der Waals surface area contributed by atoms with Crippen molar-refractivity contribution in [1.82, 2.24) is 10.3 Å². The average molecular weight is 255 g/mol. The molecule has 0 aliphatic rings. The molecule has 0 spiro atoms. The average Bonchev–Trinajstić information content (AvgIpc) is 2.44. The number of hydrogen-bond acceptors (Lipinski definition) is 3. The number of hydrogen-bond donors (Lipinski definition) is 1. The molecule has 0 amide bonds. The van der Waals surface area contributed by atoms with E-state index in [1.807, 2.05) is 18.2 Å². The Hall–Kier alpha value is -2.25. The number of nitrogens with one attached hydrogen (secondary N) is 1. The van der Waals surface area contributed by atoms with Gasteiger partial charge in [0.05, 0.1) is 11.6 Å². The largest absolute Gasteiger partial charge is 0.312 e. The van der Waals surface area contributed by atoms with Crippen molar-refractivity contribution in [3.05, 3.63) is 65.2 Å². The zero-order valence-electron chi connectivity index (χ0n) is 10.4. The molecule has 0 radical (unpaired) electrons. The van der Waals surface area contributed by atoms with Gasteiger partial charge in [0, 0.05) is 18.9 Å². The van der Waals surface area contributed by atoms with E-state index in [4.69, 9.17) is 5.26 Å². The number of rotatable bonds is 5. The molecule has 2 aromatic rings. The molecule has 2 rings (SSSR count). The second-order valence-corrected chi connectivity index (χ2v) is 4.24. The molecule has 0 fully saturated rings. The molecule has 0 bridgehead atoms. The van der Waals surface area contributed by atoms with Crippen molar-refractivity contribution >= 4 is 0 Å². The minimum Gasteiger partial charge on any atom is -0.312 e. The number of pyridine rings is 1. The first kappa shape index (κ1) is 13.2. The SMILES string of the molecule is N#Cc1cc(F)cc(CNCCc2ccncc2)c1. The lowest BCUT2D eigenvalue weighted by Gasteiger charge is -2.05. The highest BCUT2D eigenvalue weighted by atomic mass is 19.1. The van der Waals surface area contributed by atoms with E-state index in [1.165, 1.54) is 17.7 Å². The third-order valence-electron chi connectivity index (χ3n) is 2.76. The Bertz CT molecular complexity index is 576. The van der Waals surface area contributed by atoms with Gasteiger partial charge in [-0.3, -0.25) is 4.98 Å². The summed E-state index contributed by atoms with van der Waals surface area (Å²) in [5.41, 5.74) is 2.34. The predicted molar refractivity (Wildman–Crippen MR) is 70.8 cm³/mol. The fourth-order valence-corrected chi connectivity index (χ4v) is 1.83. The predicted octanol–water partition coefficient (Wildman–Crippen LogP) is 2.42. The van der Waals surface area contributed by atoms with Crippen LogP contribution in [-0.4, -0.2) is 11.5 Å². The molecule has 3 nitrogen and oxygen atoms in total. The Morgan fingerprint density at radius 3 is 2.68 bits per heavy atom. The van der Waals surface area contributed by atoms with E-state index in [0.29, 0.717) is 12.1 Å². The topological polar surface area (TPSA) is 48.7 Å². The second kappa shape index (κ2) is 6.62. The van der Waals surface area contributed by atoms with Crippen molar-refractivity contribution in [1.29, 1.82) is 5.26 Å². The normalized spacial score (nSPS) is 10.1. The maximum Gasteiger partial charge on any atom is 0.124 e. The number of halogens is 1. The highest BCUT2D eigenvalue weighted by Gasteiger charge is 2.00. The van der Waals surface area contributed by atoms with Crippen LogP contribution in [0.25, 0.3) is 0 Å². The molecule has 0 atom stereocenters. The van der Waals surface area contributed by atoms with Gasteiger partial charge < -0.3 is 5.32 Å². The van der Waals surface area contributed by atoms with Crippen molar-refractivity contribution in [2.24, 2.45) is 0 Å².